The summed E-state index contributed by atoms with van der Waals surface area (Å²) >= 11 is 0. The highest BCUT2D eigenvalue weighted by Gasteiger charge is 2.47. The fraction of sp³-hybridized carbons (Fsp3) is 0.425. The van der Waals surface area contributed by atoms with Gasteiger partial charge in [-0.1, -0.05) is 56.3 Å². The van der Waals surface area contributed by atoms with Crippen molar-refractivity contribution in [2.24, 2.45) is 5.73 Å². The SMILES string of the molecule is CC1(C)C(/C=C/C(=C/C=C2\N(CCCS(=O)(=O)O)c3ccc4c(S(=O)(=O)O)cc(S(=O)(=O)O)cc4c3C2(C)C)c2cccc(CCCCC(=O)NCCOCCOCCOCCOCCOCCOCCOCCNC(=O)c3cccc(Oc4cc(CN)cc(C(F)(F)F)n4)c3)c2)=[N+](CCCS(=O)(=O)[O-])c2ccc3c(S(=O)(=O)O)cc(S(=O)(=O)O)cc3c21. The lowest BCUT2D eigenvalue weighted by molar-refractivity contribution is -0.437. The smallest absolute Gasteiger partial charge is 0.433 e. The number of benzene rings is 6. The van der Waals surface area contributed by atoms with Crippen LogP contribution in [-0.4, -0.2) is 235 Å². The van der Waals surface area contributed by atoms with E-state index in [-0.39, 0.29) is 153 Å². The molecule has 0 saturated carbocycles. The van der Waals surface area contributed by atoms with Crippen LogP contribution in [0.5, 0.6) is 11.6 Å². The number of pyridine rings is 1. The van der Waals surface area contributed by atoms with E-state index in [9.17, 15) is 101 Å². The number of fused-ring (bicyclic) bond motifs is 6. The van der Waals surface area contributed by atoms with E-state index in [2.05, 4.69) is 15.6 Å². The van der Waals surface area contributed by atoms with Gasteiger partial charge in [-0.25, -0.2) is 13.4 Å². The quantitative estimate of drug-likeness (QED) is 0.00763. The molecule has 43 heteroatoms. The third-order valence-electron chi connectivity index (χ3n) is 19.8. The van der Waals surface area contributed by atoms with Crippen LogP contribution in [0.1, 0.15) is 104 Å². The molecule has 3 heterocycles. The van der Waals surface area contributed by atoms with E-state index in [0.29, 0.717) is 118 Å². The number of unbranched alkanes of at least 4 members (excludes halogenated alkanes) is 1. The fourth-order valence-electron chi connectivity index (χ4n) is 14.2. The lowest BCUT2D eigenvalue weighted by Crippen LogP contribution is -2.28. The molecule has 9 rings (SSSR count). The van der Waals surface area contributed by atoms with Crippen molar-refractivity contribution in [3.05, 3.63) is 178 Å². The average molecular weight is 1840 g/mol. The van der Waals surface area contributed by atoms with Gasteiger partial charge >= 0.3 is 6.18 Å². The van der Waals surface area contributed by atoms with E-state index in [1.807, 2.05) is 12.1 Å². The first-order valence-corrected chi connectivity index (χ1v) is 47.5. The van der Waals surface area contributed by atoms with Crippen molar-refractivity contribution in [1.29, 1.82) is 0 Å². The Morgan fingerprint density at radius 2 is 1.09 bits per heavy atom. The molecule has 2 aliphatic heterocycles. The molecule has 2 aliphatic rings. The van der Waals surface area contributed by atoms with Crippen molar-refractivity contribution < 1.29 is 143 Å². The monoisotopic (exact) mass is 1840 g/mol. The zero-order valence-corrected chi connectivity index (χ0v) is 72.3. The average Bonchev–Trinajstić information content (AvgIpc) is 1.58. The number of halogens is 3. The lowest BCUT2D eigenvalue weighted by atomic mass is 9.78. The Morgan fingerprint density at radius 1 is 0.561 bits per heavy atom. The summed E-state index contributed by atoms with van der Waals surface area (Å²) in [6.45, 7) is 10.8. The summed E-state index contributed by atoms with van der Waals surface area (Å²) < 4.78 is 301. The van der Waals surface area contributed by atoms with E-state index in [1.54, 1.807) is 73.6 Å². The number of nitrogens with two attached hydrogens (primary N) is 1. The molecule has 6 aromatic carbocycles. The lowest BCUT2D eigenvalue weighted by Gasteiger charge is -2.27. The van der Waals surface area contributed by atoms with Crippen LogP contribution in [0.3, 0.4) is 0 Å². The molecule has 0 aliphatic carbocycles. The molecule has 0 bridgehead atoms. The highest BCUT2D eigenvalue weighted by Crippen LogP contribution is 2.53. The standard InChI is InChI=1S/C80H97F3N6O28S6/c1-78(2)71(88(27-9-43-118(92,93)94)66-21-19-62-64(75(66)78)49-60(120(98,99)100)51-68(62)122(104,105)106)23-17-56(18-24-72-79(3,4)76-65-50-61(121(101,102)103)52-69(123(107,108)109)63(65)20-22-67(76)89(72)28-10-44-119(95,96)97)57-13-7-12-54(45-57)11-5-6-16-73(90)85-25-29-110-31-33-112-35-37-114-39-41-116-42-40-115-38-36-113-34-32-111-30-26-86-77(91)58-14-8-15-59(48-58)117-74-47-55(53-84)46-70(87-74)80(81,82)83/h7-8,12-15,17-24,45-52H,5-6,9-11,16,25-44,53,84H2,1-4H3,(H7-,85,86,90,91,92,93,94,95,96,97,98,99,100,101,102,103,104,105,106,107,108,109). The summed E-state index contributed by atoms with van der Waals surface area (Å²) in [5.74, 6) is -2.42. The van der Waals surface area contributed by atoms with Gasteiger partial charge in [0.25, 0.3) is 56.5 Å². The van der Waals surface area contributed by atoms with E-state index in [1.165, 1.54) is 54.6 Å². The Labute approximate surface area is 711 Å². The van der Waals surface area contributed by atoms with Crippen LogP contribution in [0.4, 0.5) is 24.5 Å². The number of ether oxygens (including phenoxy) is 8. The third-order valence-corrected chi connectivity index (χ3v) is 24.8. The first kappa shape index (κ1) is 98.1. The number of carbonyl (C=O) groups is 2. The van der Waals surface area contributed by atoms with Gasteiger partial charge in [-0.3, -0.25) is 32.4 Å². The van der Waals surface area contributed by atoms with Crippen molar-refractivity contribution in [2.75, 3.05) is 135 Å². The summed E-state index contributed by atoms with van der Waals surface area (Å²) in [7, 11) is -30.0. The van der Waals surface area contributed by atoms with Gasteiger partial charge in [-0.15, -0.1) is 0 Å². The summed E-state index contributed by atoms with van der Waals surface area (Å²) in [6.07, 6.45) is 3.16. The van der Waals surface area contributed by atoms with E-state index < -0.39 is 120 Å². The van der Waals surface area contributed by atoms with Gasteiger partial charge in [-0.2, -0.15) is 59.8 Å². The molecule has 34 nitrogen and oxygen atoms in total. The maximum atomic E-state index is 13.3. The predicted molar refractivity (Wildman–Crippen MR) is 444 cm³/mol. The number of amides is 2. The first-order valence-electron chi connectivity index (χ1n) is 38.5. The number of rotatable bonds is 49. The van der Waals surface area contributed by atoms with Crippen molar-refractivity contribution in [2.45, 2.75) is 109 Å². The van der Waals surface area contributed by atoms with Crippen molar-refractivity contribution >= 4 is 117 Å². The largest absolute Gasteiger partial charge is 0.748 e. The molecule has 0 atom stereocenters. The Morgan fingerprint density at radius 3 is 1.62 bits per heavy atom. The molecule has 2 amide bonds. The number of nitrogens with zero attached hydrogens (tertiary/aromatic N) is 3. The minimum absolute atomic E-state index is 0.0364. The van der Waals surface area contributed by atoms with Crippen molar-refractivity contribution in [1.82, 2.24) is 15.6 Å². The minimum Gasteiger partial charge on any atom is -0.748 e. The second kappa shape index (κ2) is 42.6. The molecule has 7 aromatic rings. The Hall–Kier alpha value is -8.65. The number of aryl methyl sites for hydroxylation is 1. The first-order chi connectivity index (χ1) is 57.8. The molecule has 0 saturated heterocycles. The van der Waals surface area contributed by atoms with Gasteiger partial charge in [0, 0.05) is 102 Å². The van der Waals surface area contributed by atoms with Gasteiger partial charge in [-0.05, 0) is 151 Å². The molecule has 0 spiro atoms. The van der Waals surface area contributed by atoms with Gasteiger partial charge in [0.05, 0.1) is 124 Å². The number of anilines is 1. The molecule has 9 N–H and O–H groups in total. The van der Waals surface area contributed by atoms with Gasteiger partial charge < -0.3 is 63.7 Å². The zero-order valence-electron chi connectivity index (χ0n) is 67.4. The van der Waals surface area contributed by atoms with Crippen LogP contribution in [0.15, 0.2) is 159 Å². The summed E-state index contributed by atoms with van der Waals surface area (Å²) in [4.78, 5) is 27.4. The maximum Gasteiger partial charge on any atom is 0.433 e. The maximum absolute atomic E-state index is 13.3. The number of allylic oxidation sites excluding steroid dienone is 6. The van der Waals surface area contributed by atoms with Crippen LogP contribution in [-0.2, 0) is 129 Å². The van der Waals surface area contributed by atoms with Crippen LogP contribution in [0.25, 0.3) is 27.1 Å². The van der Waals surface area contributed by atoms with Crippen LogP contribution in [0, 0.1) is 0 Å². The molecule has 0 radical (unpaired) electrons. The Bertz CT molecular complexity index is 5870. The molecule has 1 aromatic heterocycles. The highest BCUT2D eigenvalue weighted by molar-refractivity contribution is 7.87. The van der Waals surface area contributed by atoms with E-state index in [4.69, 9.17) is 43.6 Å². The third kappa shape index (κ3) is 27.9. The van der Waals surface area contributed by atoms with Crippen LogP contribution in [0.2, 0.25) is 0 Å². The van der Waals surface area contributed by atoms with Crippen molar-refractivity contribution in [3.63, 3.8) is 0 Å². The molecule has 672 valence electrons. The number of hydrogen-bond acceptors (Lipinski definition) is 26. The topological polar surface area (TPSA) is 506 Å². The summed E-state index contributed by atoms with van der Waals surface area (Å²) in [6, 6.07) is 24.1. The molecular weight excluding hydrogens is 1740 g/mol. The highest BCUT2D eigenvalue weighted by atomic mass is 32.2. The van der Waals surface area contributed by atoms with Gasteiger partial charge in [0.15, 0.2) is 5.71 Å². The molecule has 0 unspecified atom stereocenters. The number of hydrogen-bond donors (Lipinski definition) is 8. The zero-order chi connectivity index (χ0) is 89.9. The molecular formula is C80H97F3N6O28S6. The predicted octanol–water partition coefficient (Wildman–Crippen LogP) is 8.93. The molecule has 0 fully saturated rings. The fourth-order valence-corrected chi connectivity index (χ4v) is 17.9. The Balaban J connectivity index is 0.750. The number of aromatic nitrogens is 1. The minimum atomic E-state index is -5.18. The Kier molecular flexibility index (Phi) is 34.0. The van der Waals surface area contributed by atoms with Crippen LogP contribution >= 0.6 is 0 Å². The summed E-state index contributed by atoms with van der Waals surface area (Å²) in [5.41, 5.74) is 5.86. The van der Waals surface area contributed by atoms with Crippen LogP contribution < -0.4 is 26.0 Å². The number of alkyl halides is 3. The van der Waals surface area contributed by atoms with E-state index >= 15 is 0 Å². The van der Waals surface area contributed by atoms with Crippen molar-refractivity contribution in [3.8, 4) is 11.6 Å². The van der Waals surface area contributed by atoms with Gasteiger partial charge in [0.1, 0.15) is 27.8 Å². The van der Waals surface area contributed by atoms with Gasteiger partial charge in [0.2, 0.25) is 17.5 Å². The normalized spacial score (nSPS) is 15.0. The molecule has 123 heavy (non-hydrogen) atoms. The summed E-state index contributed by atoms with van der Waals surface area (Å²) in [5, 5.41) is 5.18. The van der Waals surface area contributed by atoms with E-state index in [0.717, 1.165) is 23.8 Å². The second-order valence-electron chi connectivity index (χ2n) is 29.4. The second-order valence-corrected chi connectivity index (χ2v) is 38.1. The number of nitrogens with one attached hydrogen (secondary N) is 2. The number of carbonyl (C=O) groups excluding carboxylic acids is 2.